The highest BCUT2D eigenvalue weighted by Crippen LogP contribution is 2.15. The van der Waals surface area contributed by atoms with Gasteiger partial charge in [-0.3, -0.25) is 9.48 Å². The number of aromatic nitrogens is 5. The van der Waals surface area contributed by atoms with Gasteiger partial charge in [0, 0.05) is 36.8 Å². The van der Waals surface area contributed by atoms with Crippen LogP contribution in [0.25, 0.3) is 22.8 Å². The number of anilines is 1. The molecule has 1 amide bonds. The van der Waals surface area contributed by atoms with Gasteiger partial charge in [-0.05, 0) is 24.3 Å². The summed E-state index contributed by atoms with van der Waals surface area (Å²) in [6.45, 7) is 0.510. The zero-order valence-electron chi connectivity index (χ0n) is 15.3. The van der Waals surface area contributed by atoms with Crippen molar-refractivity contribution in [3.8, 4) is 0 Å². The SMILES string of the molecule is O=C(/C=C/c1nc2ccccc2o1)Nc1ccn(Cc2cn3ccccc3n2)n1. The second-order valence-corrected chi connectivity index (χ2v) is 6.44. The fraction of sp³-hybridized carbons (Fsp3) is 0.0476. The Morgan fingerprint density at radius 3 is 2.86 bits per heavy atom. The molecule has 142 valence electrons. The molecular weight excluding hydrogens is 368 g/mol. The van der Waals surface area contributed by atoms with E-state index >= 15 is 0 Å². The molecule has 0 atom stereocenters. The molecule has 4 aromatic heterocycles. The molecule has 0 saturated heterocycles. The lowest BCUT2D eigenvalue weighted by atomic mass is 10.3. The molecule has 5 aromatic rings. The summed E-state index contributed by atoms with van der Waals surface area (Å²) in [6, 6.07) is 15.0. The number of carbonyl (C=O) groups excluding carboxylic acids is 1. The lowest BCUT2D eigenvalue weighted by Crippen LogP contribution is -2.09. The van der Waals surface area contributed by atoms with Crippen molar-refractivity contribution in [1.82, 2.24) is 24.1 Å². The number of nitrogens with zero attached hydrogens (tertiary/aromatic N) is 5. The van der Waals surface area contributed by atoms with Crippen molar-refractivity contribution in [2.45, 2.75) is 6.54 Å². The zero-order valence-corrected chi connectivity index (χ0v) is 15.3. The number of para-hydroxylation sites is 2. The Labute approximate surface area is 165 Å². The van der Waals surface area contributed by atoms with Crippen LogP contribution in [-0.2, 0) is 11.3 Å². The number of carbonyl (C=O) groups is 1. The van der Waals surface area contributed by atoms with E-state index in [1.54, 1.807) is 16.9 Å². The van der Waals surface area contributed by atoms with Gasteiger partial charge in [-0.1, -0.05) is 18.2 Å². The number of rotatable bonds is 5. The van der Waals surface area contributed by atoms with Crippen LogP contribution in [0, 0.1) is 0 Å². The minimum absolute atomic E-state index is 0.315. The molecule has 0 aliphatic carbocycles. The Kier molecular flexibility index (Phi) is 4.14. The van der Waals surface area contributed by atoms with E-state index in [1.165, 1.54) is 12.2 Å². The molecule has 4 heterocycles. The first-order valence-electron chi connectivity index (χ1n) is 9.04. The molecule has 5 rings (SSSR count). The van der Waals surface area contributed by atoms with Gasteiger partial charge in [0.1, 0.15) is 11.2 Å². The van der Waals surface area contributed by atoms with Crippen LogP contribution in [0.1, 0.15) is 11.6 Å². The van der Waals surface area contributed by atoms with Crippen molar-refractivity contribution < 1.29 is 9.21 Å². The van der Waals surface area contributed by atoms with Crippen LogP contribution in [0.5, 0.6) is 0 Å². The Balaban J connectivity index is 1.23. The number of nitrogens with one attached hydrogen (secondary N) is 1. The lowest BCUT2D eigenvalue weighted by molar-refractivity contribution is -0.111. The van der Waals surface area contributed by atoms with Gasteiger partial charge in [-0.25, -0.2) is 9.97 Å². The maximum Gasteiger partial charge on any atom is 0.249 e. The zero-order chi connectivity index (χ0) is 19.6. The minimum Gasteiger partial charge on any atom is -0.437 e. The summed E-state index contributed by atoms with van der Waals surface area (Å²) in [5.74, 6) is 0.518. The van der Waals surface area contributed by atoms with Crippen molar-refractivity contribution in [3.63, 3.8) is 0 Å². The van der Waals surface area contributed by atoms with E-state index in [4.69, 9.17) is 4.42 Å². The third-order valence-corrected chi connectivity index (χ3v) is 4.32. The van der Waals surface area contributed by atoms with Crippen molar-refractivity contribution in [2.24, 2.45) is 0 Å². The van der Waals surface area contributed by atoms with Crippen LogP contribution in [0.15, 0.2) is 77.6 Å². The standard InChI is InChI=1S/C21H16N6O2/c28-20(8-9-21-23-16-5-1-2-6-17(16)29-21)24-18-10-12-27(25-18)14-15-13-26-11-4-3-7-19(26)22-15/h1-13H,14H2,(H,24,25,28)/b9-8+. The summed E-state index contributed by atoms with van der Waals surface area (Å²) in [6.07, 6.45) is 8.60. The second kappa shape index (κ2) is 7.08. The van der Waals surface area contributed by atoms with Crippen molar-refractivity contribution >= 4 is 34.5 Å². The Hall–Kier alpha value is -4.20. The topological polar surface area (TPSA) is 90.2 Å². The van der Waals surface area contributed by atoms with Crippen molar-refractivity contribution in [1.29, 1.82) is 0 Å². The first-order chi connectivity index (χ1) is 14.2. The minimum atomic E-state index is -0.315. The summed E-state index contributed by atoms with van der Waals surface area (Å²) in [5, 5.41) is 7.09. The van der Waals surface area contributed by atoms with Gasteiger partial charge < -0.3 is 14.1 Å². The summed E-state index contributed by atoms with van der Waals surface area (Å²) < 4.78 is 9.24. The first-order valence-corrected chi connectivity index (χ1v) is 9.04. The van der Waals surface area contributed by atoms with Gasteiger partial charge in [0.2, 0.25) is 11.8 Å². The molecule has 0 aliphatic rings. The monoisotopic (exact) mass is 384 g/mol. The van der Waals surface area contributed by atoms with Gasteiger partial charge in [0.25, 0.3) is 0 Å². The van der Waals surface area contributed by atoms with E-state index in [0.29, 0.717) is 23.8 Å². The van der Waals surface area contributed by atoms with Gasteiger partial charge in [0.05, 0.1) is 12.2 Å². The quantitative estimate of drug-likeness (QED) is 0.469. The summed E-state index contributed by atoms with van der Waals surface area (Å²) in [7, 11) is 0. The third-order valence-electron chi connectivity index (χ3n) is 4.32. The highest BCUT2D eigenvalue weighted by atomic mass is 16.3. The van der Waals surface area contributed by atoms with E-state index in [1.807, 2.05) is 59.3 Å². The lowest BCUT2D eigenvalue weighted by Gasteiger charge is -1.98. The molecule has 8 nitrogen and oxygen atoms in total. The highest BCUT2D eigenvalue weighted by Gasteiger charge is 2.07. The number of imidazole rings is 1. The molecule has 0 unspecified atom stereocenters. The molecule has 1 N–H and O–H groups in total. The van der Waals surface area contributed by atoms with Crippen LogP contribution in [-0.4, -0.2) is 30.1 Å². The number of hydrogen-bond acceptors (Lipinski definition) is 5. The number of hydrogen-bond donors (Lipinski definition) is 1. The van der Waals surface area contributed by atoms with Crippen molar-refractivity contribution in [3.05, 3.63) is 84.8 Å². The van der Waals surface area contributed by atoms with E-state index in [-0.39, 0.29) is 5.91 Å². The van der Waals surface area contributed by atoms with Crippen LogP contribution in [0.4, 0.5) is 5.82 Å². The van der Waals surface area contributed by atoms with E-state index in [0.717, 1.165) is 16.9 Å². The largest absolute Gasteiger partial charge is 0.437 e. The van der Waals surface area contributed by atoms with Crippen molar-refractivity contribution in [2.75, 3.05) is 5.32 Å². The summed E-state index contributed by atoms with van der Waals surface area (Å²) >= 11 is 0. The average Bonchev–Trinajstić information content (AvgIpc) is 3.43. The van der Waals surface area contributed by atoms with Crippen LogP contribution in [0.2, 0.25) is 0 Å². The fourth-order valence-corrected chi connectivity index (χ4v) is 3.02. The average molecular weight is 384 g/mol. The van der Waals surface area contributed by atoms with E-state index < -0.39 is 0 Å². The number of amides is 1. The molecule has 0 bridgehead atoms. The van der Waals surface area contributed by atoms with E-state index in [2.05, 4.69) is 20.4 Å². The molecule has 0 aliphatic heterocycles. The van der Waals surface area contributed by atoms with Gasteiger partial charge in [-0.15, -0.1) is 0 Å². The van der Waals surface area contributed by atoms with E-state index in [9.17, 15) is 4.79 Å². The van der Waals surface area contributed by atoms with Crippen LogP contribution >= 0.6 is 0 Å². The number of benzene rings is 1. The summed E-state index contributed by atoms with van der Waals surface area (Å²) in [5.41, 5.74) is 3.19. The van der Waals surface area contributed by atoms with Crippen LogP contribution in [0.3, 0.4) is 0 Å². The van der Waals surface area contributed by atoms with Crippen LogP contribution < -0.4 is 5.32 Å². The Morgan fingerprint density at radius 1 is 1.07 bits per heavy atom. The summed E-state index contributed by atoms with van der Waals surface area (Å²) in [4.78, 5) is 21.0. The smallest absolute Gasteiger partial charge is 0.249 e. The Morgan fingerprint density at radius 2 is 1.97 bits per heavy atom. The molecule has 8 heteroatoms. The third kappa shape index (κ3) is 3.63. The molecule has 0 fully saturated rings. The molecule has 29 heavy (non-hydrogen) atoms. The predicted octanol–water partition coefficient (Wildman–Crippen LogP) is 3.37. The predicted molar refractivity (Wildman–Crippen MR) is 108 cm³/mol. The Bertz CT molecular complexity index is 1280. The second-order valence-electron chi connectivity index (χ2n) is 6.44. The maximum absolute atomic E-state index is 12.2. The number of pyridine rings is 1. The molecular formula is C21H16N6O2. The van der Waals surface area contributed by atoms with Gasteiger partial charge in [-0.2, -0.15) is 5.10 Å². The number of oxazole rings is 1. The maximum atomic E-state index is 12.2. The van der Waals surface area contributed by atoms with Gasteiger partial charge >= 0.3 is 0 Å². The molecule has 0 radical (unpaired) electrons. The molecule has 0 saturated carbocycles. The molecule has 1 aromatic carbocycles. The number of fused-ring (bicyclic) bond motifs is 2. The molecule has 0 spiro atoms. The fourth-order valence-electron chi connectivity index (χ4n) is 3.02. The normalized spacial score (nSPS) is 11.6. The first kappa shape index (κ1) is 16.9. The highest BCUT2D eigenvalue weighted by molar-refractivity contribution is 6.01. The van der Waals surface area contributed by atoms with Gasteiger partial charge in [0.15, 0.2) is 11.4 Å².